The van der Waals surface area contributed by atoms with Crippen LogP contribution in [0.25, 0.3) is 0 Å². The SMILES string of the molecule is CC(CC1CC1)NCc1cc(F)cc([N+](=O)[O-])c1. The third-order valence-electron chi connectivity index (χ3n) is 3.19. The second-order valence-electron chi connectivity index (χ2n) is 5.04. The summed E-state index contributed by atoms with van der Waals surface area (Å²) >= 11 is 0. The van der Waals surface area contributed by atoms with Gasteiger partial charge in [-0.25, -0.2) is 4.39 Å². The molecule has 1 aromatic rings. The Labute approximate surface area is 105 Å². The molecule has 98 valence electrons. The molecular formula is C13H17FN2O2. The first-order chi connectivity index (χ1) is 8.54. The largest absolute Gasteiger partial charge is 0.310 e. The van der Waals surface area contributed by atoms with E-state index >= 15 is 0 Å². The van der Waals surface area contributed by atoms with E-state index in [1.54, 1.807) is 0 Å². The number of nitrogens with one attached hydrogen (secondary N) is 1. The minimum Gasteiger partial charge on any atom is -0.310 e. The highest BCUT2D eigenvalue weighted by Gasteiger charge is 2.23. The van der Waals surface area contributed by atoms with Crippen molar-refractivity contribution in [2.45, 2.75) is 38.8 Å². The minimum absolute atomic E-state index is 0.193. The van der Waals surface area contributed by atoms with Gasteiger partial charge in [0.05, 0.1) is 11.0 Å². The Morgan fingerprint density at radius 3 is 2.83 bits per heavy atom. The van der Waals surface area contributed by atoms with Crippen molar-refractivity contribution in [2.75, 3.05) is 0 Å². The van der Waals surface area contributed by atoms with Gasteiger partial charge in [-0.15, -0.1) is 0 Å². The normalized spacial score (nSPS) is 16.6. The molecule has 1 N–H and O–H groups in total. The van der Waals surface area contributed by atoms with Crippen LogP contribution in [-0.2, 0) is 6.54 Å². The van der Waals surface area contributed by atoms with Gasteiger partial charge in [-0.05, 0) is 30.9 Å². The zero-order valence-electron chi connectivity index (χ0n) is 10.4. The summed E-state index contributed by atoms with van der Waals surface area (Å²) in [5.41, 5.74) is 0.422. The average Bonchev–Trinajstić information content (AvgIpc) is 3.09. The Bertz CT molecular complexity index is 447. The van der Waals surface area contributed by atoms with Crippen molar-refractivity contribution in [1.82, 2.24) is 5.32 Å². The maximum atomic E-state index is 13.2. The van der Waals surface area contributed by atoms with E-state index < -0.39 is 10.7 Å². The number of hydrogen-bond donors (Lipinski definition) is 1. The second-order valence-corrected chi connectivity index (χ2v) is 5.04. The van der Waals surface area contributed by atoms with Gasteiger partial charge in [0.1, 0.15) is 5.82 Å². The van der Waals surface area contributed by atoms with Crippen LogP contribution in [-0.4, -0.2) is 11.0 Å². The van der Waals surface area contributed by atoms with E-state index in [0.29, 0.717) is 18.2 Å². The number of nitrogens with zero attached hydrogens (tertiary/aromatic N) is 1. The van der Waals surface area contributed by atoms with Crippen molar-refractivity contribution < 1.29 is 9.31 Å². The van der Waals surface area contributed by atoms with Crippen LogP contribution in [0.3, 0.4) is 0 Å². The van der Waals surface area contributed by atoms with Crippen molar-refractivity contribution in [1.29, 1.82) is 0 Å². The summed E-state index contributed by atoms with van der Waals surface area (Å²) in [4.78, 5) is 10.0. The molecule has 0 heterocycles. The molecule has 5 heteroatoms. The van der Waals surface area contributed by atoms with Gasteiger partial charge in [0, 0.05) is 18.7 Å². The fraction of sp³-hybridized carbons (Fsp3) is 0.538. The standard InChI is InChI=1S/C13H17FN2O2/c1-9(4-10-2-3-10)15-8-11-5-12(14)7-13(6-11)16(17)18/h5-7,9-10,15H,2-4,8H2,1H3. The molecule has 1 saturated carbocycles. The number of non-ortho nitro benzene ring substituents is 1. The number of nitro groups is 1. The lowest BCUT2D eigenvalue weighted by Gasteiger charge is -2.13. The molecule has 1 aliphatic rings. The van der Waals surface area contributed by atoms with Gasteiger partial charge >= 0.3 is 0 Å². The lowest BCUT2D eigenvalue weighted by Crippen LogP contribution is -2.25. The Kier molecular flexibility index (Phi) is 3.91. The number of hydrogen-bond acceptors (Lipinski definition) is 3. The number of nitro benzene ring substituents is 1. The fourth-order valence-corrected chi connectivity index (χ4v) is 2.07. The first-order valence-electron chi connectivity index (χ1n) is 6.22. The van der Waals surface area contributed by atoms with Crippen molar-refractivity contribution in [3.8, 4) is 0 Å². The van der Waals surface area contributed by atoms with Gasteiger partial charge < -0.3 is 5.32 Å². The highest BCUT2D eigenvalue weighted by Crippen LogP contribution is 2.33. The zero-order chi connectivity index (χ0) is 13.1. The van der Waals surface area contributed by atoms with E-state index in [1.165, 1.54) is 25.0 Å². The van der Waals surface area contributed by atoms with Crippen LogP contribution in [0.15, 0.2) is 18.2 Å². The summed E-state index contributed by atoms with van der Waals surface area (Å²) in [7, 11) is 0. The van der Waals surface area contributed by atoms with Crippen LogP contribution in [0.5, 0.6) is 0 Å². The molecular weight excluding hydrogens is 235 g/mol. The first-order valence-corrected chi connectivity index (χ1v) is 6.22. The van der Waals surface area contributed by atoms with Crippen LogP contribution in [0.1, 0.15) is 31.7 Å². The fourth-order valence-electron chi connectivity index (χ4n) is 2.07. The molecule has 1 atom stereocenters. The molecule has 0 spiro atoms. The van der Waals surface area contributed by atoms with Crippen LogP contribution < -0.4 is 5.32 Å². The summed E-state index contributed by atoms with van der Waals surface area (Å²) in [5.74, 6) is 0.269. The van der Waals surface area contributed by atoms with E-state index in [0.717, 1.165) is 18.4 Å². The summed E-state index contributed by atoms with van der Waals surface area (Å²) < 4.78 is 13.2. The highest BCUT2D eigenvalue weighted by atomic mass is 19.1. The molecule has 1 fully saturated rings. The Morgan fingerprint density at radius 2 is 2.22 bits per heavy atom. The second kappa shape index (κ2) is 5.44. The van der Waals surface area contributed by atoms with E-state index in [2.05, 4.69) is 12.2 Å². The van der Waals surface area contributed by atoms with E-state index in [4.69, 9.17) is 0 Å². The number of benzene rings is 1. The first kappa shape index (κ1) is 13.0. The predicted octanol–water partition coefficient (Wildman–Crippen LogP) is 3.01. The Balaban J connectivity index is 1.93. The molecule has 1 unspecified atom stereocenters. The van der Waals surface area contributed by atoms with Crippen molar-refractivity contribution in [3.05, 3.63) is 39.7 Å². The molecule has 1 aliphatic carbocycles. The molecule has 0 amide bonds. The van der Waals surface area contributed by atoms with Crippen LogP contribution in [0, 0.1) is 21.8 Å². The molecule has 0 aliphatic heterocycles. The van der Waals surface area contributed by atoms with Crippen molar-refractivity contribution in [2.24, 2.45) is 5.92 Å². The topological polar surface area (TPSA) is 55.2 Å². The highest BCUT2D eigenvalue weighted by molar-refractivity contribution is 5.35. The molecule has 2 rings (SSSR count). The van der Waals surface area contributed by atoms with Gasteiger partial charge in [-0.2, -0.15) is 0 Å². The molecule has 0 saturated heterocycles. The molecule has 18 heavy (non-hydrogen) atoms. The zero-order valence-corrected chi connectivity index (χ0v) is 10.4. The quantitative estimate of drug-likeness (QED) is 0.625. The minimum atomic E-state index is -0.569. The maximum Gasteiger partial charge on any atom is 0.272 e. The van der Waals surface area contributed by atoms with Crippen LogP contribution >= 0.6 is 0 Å². The van der Waals surface area contributed by atoms with Crippen LogP contribution in [0.2, 0.25) is 0 Å². The average molecular weight is 252 g/mol. The third kappa shape index (κ3) is 3.77. The lowest BCUT2D eigenvalue weighted by atomic mass is 10.1. The molecule has 1 aromatic carbocycles. The smallest absolute Gasteiger partial charge is 0.272 e. The van der Waals surface area contributed by atoms with E-state index in [1.807, 2.05) is 0 Å². The van der Waals surface area contributed by atoms with Crippen LogP contribution in [0.4, 0.5) is 10.1 Å². The summed E-state index contributed by atoms with van der Waals surface area (Å²) in [6.07, 6.45) is 3.73. The Hall–Kier alpha value is -1.49. The summed E-state index contributed by atoms with van der Waals surface area (Å²) in [6.45, 7) is 2.55. The van der Waals surface area contributed by atoms with Crippen molar-refractivity contribution >= 4 is 5.69 Å². The summed E-state index contributed by atoms with van der Waals surface area (Å²) in [5, 5.41) is 13.9. The number of rotatable bonds is 6. The van der Waals surface area contributed by atoms with Gasteiger partial charge in [-0.1, -0.05) is 12.8 Å². The molecule has 4 nitrogen and oxygen atoms in total. The Morgan fingerprint density at radius 1 is 1.50 bits per heavy atom. The molecule has 0 bridgehead atoms. The monoisotopic (exact) mass is 252 g/mol. The number of halogens is 1. The van der Waals surface area contributed by atoms with Gasteiger partial charge in [0.15, 0.2) is 0 Å². The van der Waals surface area contributed by atoms with E-state index in [9.17, 15) is 14.5 Å². The van der Waals surface area contributed by atoms with Gasteiger partial charge in [0.2, 0.25) is 0 Å². The third-order valence-corrected chi connectivity index (χ3v) is 3.19. The predicted molar refractivity (Wildman–Crippen MR) is 66.7 cm³/mol. The van der Waals surface area contributed by atoms with Gasteiger partial charge in [-0.3, -0.25) is 10.1 Å². The lowest BCUT2D eigenvalue weighted by molar-refractivity contribution is -0.385. The molecule has 0 radical (unpaired) electrons. The molecule has 0 aromatic heterocycles. The maximum absolute atomic E-state index is 13.2. The van der Waals surface area contributed by atoms with E-state index in [-0.39, 0.29) is 5.69 Å². The van der Waals surface area contributed by atoms with Gasteiger partial charge in [0.25, 0.3) is 5.69 Å². The van der Waals surface area contributed by atoms with Crippen molar-refractivity contribution in [3.63, 3.8) is 0 Å². The summed E-state index contributed by atoms with van der Waals surface area (Å²) in [6, 6.07) is 4.06.